The smallest absolute Gasteiger partial charge is 0.293 e. The lowest BCUT2D eigenvalue weighted by Gasteiger charge is -2.29. The van der Waals surface area contributed by atoms with E-state index in [0.717, 1.165) is 17.2 Å². The average molecular weight is 346 g/mol. The molecule has 0 saturated heterocycles. The van der Waals surface area contributed by atoms with E-state index in [1.54, 1.807) is 12.1 Å². The topological polar surface area (TPSA) is 101 Å². The molecule has 0 spiro atoms. The minimum Gasteiger partial charge on any atom is -0.357 e. The normalized spacial score (nSPS) is 13.1. The standard InChI is InChI=1S/C18H14N6O2/c19-11-13-6-7-15(16(10-13)24(25)26)22-8-9-23-17(12-22)20-21-18(23)14-4-2-1-3-5-14/h1-7,10H,8-9,12H2. The van der Waals surface area contributed by atoms with Crippen LogP contribution in [-0.2, 0) is 13.1 Å². The molecule has 0 N–H and O–H groups in total. The molecule has 3 aromatic rings. The van der Waals surface area contributed by atoms with Gasteiger partial charge in [-0.2, -0.15) is 5.26 Å². The summed E-state index contributed by atoms with van der Waals surface area (Å²) in [4.78, 5) is 12.9. The Morgan fingerprint density at radius 1 is 1.12 bits per heavy atom. The molecule has 0 unspecified atom stereocenters. The molecule has 0 radical (unpaired) electrons. The van der Waals surface area contributed by atoms with Crippen LogP contribution in [-0.4, -0.2) is 26.2 Å². The molecule has 8 nitrogen and oxygen atoms in total. The van der Waals surface area contributed by atoms with E-state index in [0.29, 0.717) is 25.3 Å². The zero-order chi connectivity index (χ0) is 18.1. The van der Waals surface area contributed by atoms with Crippen LogP contribution in [0.15, 0.2) is 48.5 Å². The van der Waals surface area contributed by atoms with Gasteiger partial charge in [0.05, 0.1) is 23.1 Å². The van der Waals surface area contributed by atoms with Gasteiger partial charge in [0.25, 0.3) is 5.69 Å². The number of fused-ring (bicyclic) bond motifs is 1. The van der Waals surface area contributed by atoms with Crippen molar-refractivity contribution in [2.24, 2.45) is 0 Å². The zero-order valence-corrected chi connectivity index (χ0v) is 13.7. The second-order valence-corrected chi connectivity index (χ2v) is 5.95. The number of hydrogen-bond donors (Lipinski definition) is 0. The minimum atomic E-state index is -0.453. The van der Waals surface area contributed by atoms with Crippen LogP contribution in [0, 0.1) is 21.4 Å². The lowest BCUT2D eigenvalue weighted by molar-refractivity contribution is -0.384. The van der Waals surface area contributed by atoms with Gasteiger partial charge in [-0.15, -0.1) is 10.2 Å². The summed E-state index contributed by atoms with van der Waals surface area (Å²) in [6, 6.07) is 16.3. The molecule has 0 saturated carbocycles. The minimum absolute atomic E-state index is 0.0692. The molecule has 4 rings (SSSR count). The van der Waals surface area contributed by atoms with Crippen molar-refractivity contribution >= 4 is 11.4 Å². The van der Waals surface area contributed by atoms with Gasteiger partial charge < -0.3 is 9.47 Å². The van der Waals surface area contributed by atoms with Crippen LogP contribution in [0.2, 0.25) is 0 Å². The van der Waals surface area contributed by atoms with E-state index in [1.165, 1.54) is 6.07 Å². The Labute approximate surface area is 149 Å². The molecule has 0 atom stereocenters. The number of hydrogen-bond acceptors (Lipinski definition) is 6. The molecule has 8 heteroatoms. The molecule has 1 aromatic heterocycles. The molecule has 0 bridgehead atoms. The van der Waals surface area contributed by atoms with Gasteiger partial charge in [0, 0.05) is 24.7 Å². The quantitative estimate of drug-likeness (QED) is 0.534. The van der Waals surface area contributed by atoms with Crippen LogP contribution in [0.4, 0.5) is 11.4 Å². The second-order valence-electron chi connectivity index (χ2n) is 5.95. The predicted molar refractivity (Wildman–Crippen MR) is 94.3 cm³/mol. The molecule has 0 amide bonds. The van der Waals surface area contributed by atoms with Crippen LogP contribution in [0.3, 0.4) is 0 Å². The monoisotopic (exact) mass is 346 g/mol. The van der Waals surface area contributed by atoms with Crippen LogP contribution in [0.1, 0.15) is 11.4 Å². The number of benzene rings is 2. The predicted octanol–water partition coefficient (Wildman–Crippen LogP) is 2.75. The largest absolute Gasteiger partial charge is 0.357 e. The van der Waals surface area contributed by atoms with E-state index in [2.05, 4.69) is 10.2 Å². The first-order chi connectivity index (χ1) is 12.7. The highest BCUT2D eigenvalue weighted by Crippen LogP contribution is 2.32. The number of aromatic nitrogens is 3. The van der Waals surface area contributed by atoms with Crippen molar-refractivity contribution < 1.29 is 4.92 Å². The van der Waals surface area contributed by atoms with E-state index >= 15 is 0 Å². The van der Waals surface area contributed by atoms with Gasteiger partial charge >= 0.3 is 0 Å². The molecule has 1 aliphatic heterocycles. The first kappa shape index (κ1) is 15.8. The van der Waals surface area contributed by atoms with Gasteiger partial charge in [-0.1, -0.05) is 30.3 Å². The third kappa shape index (κ3) is 2.65. The molecular weight excluding hydrogens is 332 g/mol. The van der Waals surface area contributed by atoms with Crippen LogP contribution in [0.5, 0.6) is 0 Å². The number of nitriles is 1. The van der Waals surface area contributed by atoms with Gasteiger partial charge in [-0.05, 0) is 12.1 Å². The summed E-state index contributed by atoms with van der Waals surface area (Å²) >= 11 is 0. The van der Waals surface area contributed by atoms with E-state index in [1.807, 2.05) is 45.9 Å². The van der Waals surface area contributed by atoms with Gasteiger partial charge in [0.1, 0.15) is 5.69 Å². The van der Waals surface area contributed by atoms with Gasteiger partial charge in [0.2, 0.25) is 0 Å². The Morgan fingerprint density at radius 3 is 2.65 bits per heavy atom. The summed E-state index contributed by atoms with van der Waals surface area (Å²) in [6.07, 6.45) is 0. The Kier molecular flexibility index (Phi) is 3.82. The molecule has 0 aliphatic carbocycles. The molecule has 0 fully saturated rings. The molecule has 2 aromatic carbocycles. The maximum Gasteiger partial charge on any atom is 0.293 e. The number of nitrogens with zero attached hydrogens (tertiary/aromatic N) is 6. The Hall–Kier alpha value is -3.73. The van der Waals surface area contributed by atoms with Crippen molar-refractivity contribution in [3.8, 4) is 17.5 Å². The van der Waals surface area contributed by atoms with Crippen LogP contribution < -0.4 is 4.90 Å². The average Bonchev–Trinajstić information content (AvgIpc) is 3.11. The molecule has 128 valence electrons. The highest BCUT2D eigenvalue weighted by molar-refractivity contribution is 5.66. The highest BCUT2D eigenvalue weighted by Gasteiger charge is 2.26. The number of rotatable bonds is 3. The van der Waals surface area contributed by atoms with Crippen molar-refractivity contribution in [1.82, 2.24) is 14.8 Å². The first-order valence-electron chi connectivity index (χ1n) is 8.08. The van der Waals surface area contributed by atoms with E-state index in [-0.39, 0.29) is 11.3 Å². The fourth-order valence-corrected chi connectivity index (χ4v) is 3.17. The van der Waals surface area contributed by atoms with Gasteiger partial charge in [-0.25, -0.2) is 0 Å². The maximum absolute atomic E-state index is 11.4. The third-order valence-corrected chi connectivity index (χ3v) is 4.43. The Bertz CT molecular complexity index is 1020. The number of anilines is 1. The highest BCUT2D eigenvalue weighted by atomic mass is 16.6. The lowest BCUT2D eigenvalue weighted by atomic mass is 10.1. The van der Waals surface area contributed by atoms with Crippen molar-refractivity contribution in [3.05, 3.63) is 70.0 Å². The van der Waals surface area contributed by atoms with E-state index < -0.39 is 4.92 Å². The Morgan fingerprint density at radius 2 is 1.92 bits per heavy atom. The number of nitro benzene ring substituents is 1. The summed E-state index contributed by atoms with van der Waals surface area (Å²) in [6.45, 7) is 1.65. The zero-order valence-electron chi connectivity index (χ0n) is 13.7. The summed E-state index contributed by atoms with van der Waals surface area (Å²) < 4.78 is 2.04. The lowest BCUT2D eigenvalue weighted by Crippen LogP contribution is -2.34. The Balaban J connectivity index is 1.68. The second kappa shape index (κ2) is 6.29. The number of nitro groups is 1. The SMILES string of the molecule is N#Cc1ccc(N2CCn3c(nnc3-c3ccccc3)C2)c([N+](=O)[O-])c1. The van der Waals surface area contributed by atoms with Gasteiger partial charge in [-0.3, -0.25) is 10.1 Å². The van der Waals surface area contributed by atoms with Crippen molar-refractivity contribution in [2.75, 3.05) is 11.4 Å². The summed E-state index contributed by atoms with van der Waals surface area (Å²) in [5.41, 5.74) is 1.68. The van der Waals surface area contributed by atoms with E-state index in [4.69, 9.17) is 5.26 Å². The van der Waals surface area contributed by atoms with Crippen molar-refractivity contribution in [1.29, 1.82) is 5.26 Å². The fraction of sp³-hybridized carbons (Fsp3) is 0.167. The van der Waals surface area contributed by atoms with Gasteiger partial charge in [0.15, 0.2) is 11.6 Å². The fourth-order valence-electron chi connectivity index (χ4n) is 3.17. The van der Waals surface area contributed by atoms with Crippen molar-refractivity contribution in [2.45, 2.75) is 13.1 Å². The maximum atomic E-state index is 11.4. The van der Waals surface area contributed by atoms with Crippen molar-refractivity contribution in [3.63, 3.8) is 0 Å². The molecule has 26 heavy (non-hydrogen) atoms. The molecule has 1 aliphatic rings. The summed E-state index contributed by atoms with van der Waals surface area (Å²) in [5, 5.41) is 28.9. The molecule has 2 heterocycles. The van der Waals surface area contributed by atoms with Crippen LogP contribution in [0.25, 0.3) is 11.4 Å². The summed E-state index contributed by atoms with van der Waals surface area (Å²) in [5.74, 6) is 1.56. The van der Waals surface area contributed by atoms with E-state index in [9.17, 15) is 10.1 Å². The third-order valence-electron chi connectivity index (χ3n) is 4.43. The van der Waals surface area contributed by atoms with Crippen LogP contribution >= 0.6 is 0 Å². The molecular formula is C18H14N6O2. The summed E-state index contributed by atoms with van der Waals surface area (Å²) in [7, 11) is 0. The first-order valence-corrected chi connectivity index (χ1v) is 8.08.